The molecule has 1 atom stereocenters. The summed E-state index contributed by atoms with van der Waals surface area (Å²) in [7, 11) is 0. The van der Waals surface area contributed by atoms with Crippen molar-refractivity contribution in [3.63, 3.8) is 0 Å². The number of benzene rings is 1. The lowest BCUT2D eigenvalue weighted by Crippen LogP contribution is -2.45. The molecule has 0 aliphatic carbocycles. The zero-order chi connectivity index (χ0) is 17.1. The molecule has 0 aliphatic rings. The lowest BCUT2D eigenvalue weighted by molar-refractivity contribution is -0.336. The van der Waals surface area contributed by atoms with Gasteiger partial charge in [0.1, 0.15) is 23.4 Å². The Morgan fingerprint density at radius 3 is 2.09 bits per heavy atom. The van der Waals surface area contributed by atoms with Crippen LogP contribution in [0.15, 0.2) is 24.3 Å². The average Bonchev–Trinajstić information content (AvgIpc) is 2.36. The molecular weight excluding hydrogens is 302 g/mol. The van der Waals surface area contributed by atoms with Crippen molar-refractivity contribution in [2.24, 2.45) is 0 Å². The number of hydrogen-bond acceptors (Lipinski definition) is 6. The first-order valence-electron chi connectivity index (χ1n) is 6.21. The largest absolute Gasteiger partial charge is 0.544 e. The monoisotopic (exact) mass is 317 g/mol. The zero-order valence-corrected chi connectivity index (χ0v) is 12.1. The second kappa shape index (κ2) is 6.27. The average molecular weight is 317 g/mol. The molecule has 0 aliphatic heterocycles. The SMILES string of the molecule is CC(C)(C)OC(=O)Oc1ccc(C(O)C(F)(F)C(=O)[O-])cc1. The lowest BCUT2D eigenvalue weighted by atomic mass is 10.0. The highest BCUT2D eigenvalue weighted by Crippen LogP contribution is 2.31. The molecule has 22 heavy (non-hydrogen) atoms. The topological polar surface area (TPSA) is 95.9 Å². The summed E-state index contributed by atoms with van der Waals surface area (Å²) in [5.74, 6) is -7.14. The van der Waals surface area contributed by atoms with Gasteiger partial charge >= 0.3 is 12.1 Å². The van der Waals surface area contributed by atoms with Crippen LogP contribution in [0.2, 0.25) is 0 Å². The fourth-order valence-corrected chi connectivity index (χ4v) is 1.41. The minimum atomic E-state index is -4.44. The van der Waals surface area contributed by atoms with E-state index in [-0.39, 0.29) is 11.3 Å². The number of alkyl halides is 2. The molecule has 0 aromatic heterocycles. The van der Waals surface area contributed by atoms with Crippen LogP contribution in [-0.2, 0) is 9.53 Å². The van der Waals surface area contributed by atoms with Crippen LogP contribution in [0.4, 0.5) is 13.6 Å². The summed E-state index contributed by atoms with van der Waals surface area (Å²) in [6, 6.07) is 4.24. The predicted octanol–water partition coefficient (Wildman–Crippen LogP) is 1.42. The number of carbonyl (C=O) groups excluding carboxylic acids is 2. The molecule has 1 unspecified atom stereocenters. The maximum absolute atomic E-state index is 13.1. The van der Waals surface area contributed by atoms with Gasteiger partial charge in [-0.25, -0.2) is 4.79 Å². The Morgan fingerprint density at radius 2 is 1.68 bits per heavy atom. The summed E-state index contributed by atoms with van der Waals surface area (Å²) in [5, 5.41) is 19.6. The van der Waals surface area contributed by atoms with Crippen molar-refractivity contribution in [3.05, 3.63) is 29.8 Å². The first-order chi connectivity index (χ1) is 9.93. The Hall–Kier alpha value is -2.22. The van der Waals surface area contributed by atoms with Gasteiger partial charge in [0.05, 0.1) is 0 Å². The first kappa shape index (κ1) is 17.8. The van der Waals surface area contributed by atoms with E-state index in [0.29, 0.717) is 0 Å². The number of aliphatic carboxylic acids is 1. The highest BCUT2D eigenvalue weighted by atomic mass is 19.3. The van der Waals surface area contributed by atoms with E-state index in [2.05, 4.69) is 0 Å². The second-order valence-corrected chi connectivity index (χ2v) is 5.45. The molecule has 8 heteroatoms. The van der Waals surface area contributed by atoms with Gasteiger partial charge in [-0.3, -0.25) is 0 Å². The Balaban J connectivity index is 2.79. The van der Waals surface area contributed by atoms with Gasteiger partial charge in [-0.15, -0.1) is 0 Å². The van der Waals surface area contributed by atoms with Gasteiger partial charge in [0.15, 0.2) is 0 Å². The first-order valence-corrected chi connectivity index (χ1v) is 6.21. The van der Waals surface area contributed by atoms with Gasteiger partial charge in [-0.2, -0.15) is 8.78 Å². The van der Waals surface area contributed by atoms with Crippen molar-refractivity contribution in [2.45, 2.75) is 38.4 Å². The van der Waals surface area contributed by atoms with Crippen LogP contribution in [0.3, 0.4) is 0 Å². The summed E-state index contributed by atoms with van der Waals surface area (Å²) >= 11 is 0. The van der Waals surface area contributed by atoms with Crippen molar-refractivity contribution in [1.29, 1.82) is 0 Å². The van der Waals surface area contributed by atoms with Crippen LogP contribution >= 0.6 is 0 Å². The number of aliphatic hydroxyl groups excluding tert-OH is 1. The van der Waals surface area contributed by atoms with Gasteiger partial charge in [0.2, 0.25) is 0 Å². The van der Waals surface area contributed by atoms with E-state index in [1.807, 2.05) is 0 Å². The van der Waals surface area contributed by atoms with Gasteiger partial charge < -0.3 is 24.5 Å². The number of carbonyl (C=O) groups is 2. The summed E-state index contributed by atoms with van der Waals surface area (Å²) in [6.45, 7) is 4.90. The standard InChI is InChI=1S/C14H16F2O6/c1-13(2,3)22-12(20)21-9-6-4-8(5-7-9)10(17)14(15,16)11(18)19/h4-7,10,17H,1-3H3,(H,18,19)/p-1. The third-order valence-electron chi connectivity index (χ3n) is 2.40. The van der Waals surface area contributed by atoms with E-state index >= 15 is 0 Å². The third-order valence-corrected chi connectivity index (χ3v) is 2.40. The maximum atomic E-state index is 13.1. The highest BCUT2D eigenvalue weighted by Gasteiger charge is 2.41. The Bertz CT molecular complexity index is 547. The maximum Gasteiger partial charge on any atom is 0.514 e. The van der Waals surface area contributed by atoms with E-state index in [4.69, 9.17) is 9.47 Å². The Morgan fingerprint density at radius 1 is 1.18 bits per heavy atom. The molecule has 0 fully saturated rings. The lowest BCUT2D eigenvalue weighted by Gasteiger charge is -2.23. The quantitative estimate of drug-likeness (QED) is 0.666. The normalized spacial score (nSPS) is 13.4. The molecule has 1 N–H and O–H groups in total. The van der Waals surface area contributed by atoms with E-state index in [1.165, 1.54) is 0 Å². The minimum absolute atomic E-state index is 0.0121. The molecule has 1 rings (SSSR count). The number of carboxylic acid groups (broad SMARTS) is 1. The van der Waals surface area contributed by atoms with Crippen molar-refractivity contribution in [1.82, 2.24) is 0 Å². The Kier molecular flexibility index (Phi) is 5.08. The van der Waals surface area contributed by atoms with Gasteiger partial charge in [0.25, 0.3) is 0 Å². The predicted molar refractivity (Wildman–Crippen MR) is 68.2 cm³/mol. The molecule has 1 aromatic carbocycles. The fraction of sp³-hybridized carbons (Fsp3) is 0.429. The molecule has 0 saturated heterocycles. The van der Waals surface area contributed by atoms with Crippen molar-refractivity contribution < 1.29 is 38.1 Å². The van der Waals surface area contributed by atoms with Gasteiger partial charge in [0, 0.05) is 0 Å². The molecule has 0 amide bonds. The zero-order valence-electron chi connectivity index (χ0n) is 12.1. The van der Waals surface area contributed by atoms with Crippen molar-refractivity contribution >= 4 is 12.1 Å². The number of carboxylic acids is 1. The molecule has 0 saturated carbocycles. The molecule has 1 aromatic rings. The second-order valence-electron chi connectivity index (χ2n) is 5.45. The molecule has 122 valence electrons. The van der Waals surface area contributed by atoms with Gasteiger partial charge in [-0.05, 0) is 38.5 Å². The third kappa shape index (κ3) is 4.66. The summed E-state index contributed by atoms with van der Waals surface area (Å²) in [5.41, 5.74) is -1.13. The van der Waals surface area contributed by atoms with E-state index in [9.17, 15) is 28.6 Å². The minimum Gasteiger partial charge on any atom is -0.544 e. The molecule has 0 radical (unpaired) electrons. The molecule has 0 bridgehead atoms. The highest BCUT2D eigenvalue weighted by molar-refractivity contribution is 5.74. The number of ether oxygens (including phenoxy) is 2. The molecular formula is C14H15F2O6-. The van der Waals surface area contributed by atoms with Crippen LogP contribution in [-0.4, -0.2) is 28.8 Å². The molecule has 6 nitrogen and oxygen atoms in total. The number of hydrogen-bond donors (Lipinski definition) is 1. The van der Waals surface area contributed by atoms with E-state index in [1.54, 1.807) is 20.8 Å². The van der Waals surface area contributed by atoms with Crippen LogP contribution in [0.1, 0.15) is 32.4 Å². The van der Waals surface area contributed by atoms with Gasteiger partial charge in [-0.1, -0.05) is 12.1 Å². The molecule has 0 heterocycles. The van der Waals surface area contributed by atoms with Crippen molar-refractivity contribution in [2.75, 3.05) is 0 Å². The van der Waals surface area contributed by atoms with E-state index in [0.717, 1.165) is 24.3 Å². The van der Waals surface area contributed by atoms with Crippen LogP contribution in [0.5, 0.6) is 5.75 Å². The van der Waals surface area contributed by atoms with E-state index < -0.39 is 29.8 Å². The smallest absolute Gasteiger partial charge is 0.514 e. The number of halogens is 2. The van der Waals surface area contributed by atoms with Crippen LogP contribution in [0, 0.1) is 0 Å². The molecule has 0 spiro atoms. The fourth-order valence-electron chi connectivity index (χ4n) is 1.41. The number of aliphatic hydroxyl groups is 1. The van der Waals surface area contributed by atoms with Crippen LogP contribution < -0.4 is 9.84 Å². The van der Waals surface area contributed by atoms with Crippen molar-refractivity contribution in [3.8, 4) is 5.75 Å². The summed E-state index contributed by atoms with van der Waals surface area (Å²) < 4.78 is 35.9. The Labute approximate surface area is 125 Å². The summed E-state index contributed by atoms with van der Waals surface area (Å²) in [6.07, 6.45) is -3.56. The number of rotatable bonds is 4. The van der Waals surface area contributed by atoms with Crippen LogP contribution in [0.25, 0.3) is 0 Å². The summed E-state index contributed by atoms with van der Waals surface area (Å²) in [4.78, 5) is 21.7.